The van der Waals surface area contributed by atoms with Crippen LogP contribution in [-0.2, 0) is 0 Å². The Morgan fingerprint density at radius 1 is 1.18 bits per heavy atom. The van der Waals surface area contributed by atoms with Gasteiger partial charge in [0.05, 0.1) is 11.2 Å². The number of rotatable bonds is 4. The molecule has 0 spiro atoms. The first kappa shape index (κ1) is 19.2. The zero-order valence-electron chi connectivity index (χ0n) is 15.6. The topological polar surface area (TPSA) is 107 Å². The maximum atomic E-state index is 6.39. The molecule has 1 aliphatic heterocycles. The van der Waals surface area contributed by atoms with Gasteiger partial charge in [-0.1, -0.05) is 30.3 Å². The van der Waals surface area contributed by atoms with Crippen LogP contribution in [0.15, 0.2) is 40.5 Å². The molecule has 0 radical (unpaired) electrons. The van der Waals surface area contributed by atoms with E-state index in [-0.39, 0.29) is 5.54 Å². The van der Waals surface area contributed by atoms with Crippen LogP contribution in [0.1, 0.15) is 26.2 Å². The fourth-order valence-electron chi connectivity index (χ4n) is 3.25. The molecule has 0 aromatic carbocycles. The van der Waals surface area contributed by atoms with Gasteiger partial charge >= 0.3 is 0 Å². The van der Waals surface area contributed by atoms with Gasteiger partial charge in [-0.3, -0.25) is 0 Å². The maximum absolute atomic E-state index is 6.39. The third-order valence-electron chi connectivity index (χ3n) is 5.25. The Morgan fingerprint density at radius 3 is 2.71 bits per heavy atom. The fraction of sp³-hybridized carbons (Fsp3) is 0.368. The van der Waals surface area contributed by atoms with Crippen molar-refractivity contribution >= 4 is 46.2 Å². The van der Waals surface area contributed by atoms with E-state index in [1.54, 1.807) is 12.4 Å². The highest BCUT2D eigenvalue weighted by molar-refractivity contribution is 7.99. The van der Waals surface area contributed by atoms with E-state index >= 15 is 0 Å². The summed E-state index contributed by atoms with van der Waals surface area (Å²) in [7, 11) is 0. The molecule has 1 fully saturated rings. The Labute approximate surface area is 172 Å². The summed E-state index contributed by atoms with van der Waals surface area (Å²) >= 11 is 7.64. The monoisotopic (exact) mass is 415 g/mol. The summed E-state index contributed by atoms with van der Waals surface area (Å²) in [4.78, 5) is 20.9. The summed E-state index contributed by atoms with van der Waals surface area (Å²) in [6.07, 6.45) is 6.35. The van der Waals surface area contributed by atoms with Gasteiger partial charge in [0.2, 0.25) is 0 Å². The highest BCUT2D eigenvalue weighted by Crippen LogP contribution is 2.35. The molecular formula is C19H22ClN7S. The maximum Gasteiger partial charge on any atom is 0.179 e. The molecule has 146 valence electrons. The summed E-state index contributed by atoms with van der Waals surface area (Å²) in [5.41, 5.74) is 13.5. The number of halogens is 1. The van der Waals surface area contributed by atoms with Crippen LogP contribution < -0.4 is 16.4 Å². The van der Waals surface area contributed by atoms with E-state index < -0.39 is 0 Å². The molecule has 4 rings (SSSR count). The fourth-order valence-corrected chi connectivity index (χ4v) is 4.30. The van der Waals surface area contributed by atoms with Crippen LogP contribution in [0, 0.1) is 0 Å². The molecule has 1 saturated heterocycles. The predicted octanol–water partition coefficient (Wildman–Crippen LogP) is 3.51. The van der Waals surface area contributed by atoms with E-state index in [1.165, 1.54) is 11.8 Å². The van der Waals surface area contributed by atoms with E-state index in [0.717, 1.165) is 53.6 Å². The Balaban J connectivity index is 1.54. The number of nitrogen functional groups attached to an aromatic ring is 1. The molecule has 0 amide bonds. The van der Waals surface area contributed by atoms with Crippen molar-refractivity contribution in [1.29, 1.82) is 0 Å². The second-order valence-electron chi connectivity index (χ2n) is 7.03. The second-order valence-corrected chi connectivity index (χ2v) is 8.47. The Hall–Kier alpha value is -2.16. The van der Waals surface area contributed by atoms with Crippen molar-refractivity contribution in [3.63, 3.8) is 0 Å². The lowest BCUT2D eigenvalue weighted by atomic mass is 9.86. The van der Waals surface area contributed by atoms with Crippen molar-refractivity contribution in [2.45, 2.75) is 41.6 Å². The zero-order valence-corrected chi connectivity index (χ0v) is 17.2. The minimum atomic E-state index is -0.0495. The third-order valence-corrected chi connectivity index (χ3v) is 6.75. The summed E-state index contributed by atoms with van der Waals surface area (Å²) in [6, 6.07) is 5.66. The first-order valence-corrected chi connectivity index (χ1v) is 10.4. The van der Waals surface area contributed by atoms with Crippen LogP contribution in [0.4, 0.5) is 11.6 Å². The van der Waals surface area contributed by atoms with E-state index in [4.69, 9.17) is 28.1 Å². The summed E-state index contributed by atoms with van der Waals surface area (Å²) in [5, 5.41) is 1.21. The SMILES string of the molecule is CCC1(N)CCN(c2cnc3nc(Sc4ccnc(N)c4Cl)ccc3n2)CC1. The number of hydrogen-bond acceptors (Lipinski definition) is 8. The molecule has 4 heterocycles. The van der Waals surface area contributed by atoms with Crippen LogP contribution in [0.25, 0.3) is 11.2 Å². The van der Waals surface area contributed by atoms with Gasteiger partial charge in [0.25, 0.3) is 0 Å². The first-order chi connectivity index (χ1) is 13.5. The summed E-state index contributed by atoms with van der Waals surface area (Å²) in [6.45, 7) is 3.95. The smallest absolute Gasteiger partial charge is 0.179 e. The summed E-state index contributed by atoms with van der Waals surface area (Å²) in [5.74, 6) is 1.18. The van der Waals surface area contributed by atoms with Gasteiger partial charge in [-0.2, -0.15) is 0 Å². The average Bonchev–Trinajstić information content (AvgIpc) is 2.72. The molecule has 9 heteroatoms. The van der Waals surface area contributed by atoms with Gasteiger partial charge in [-0.25, -0.2) is 19.9 Å². The molecule has 0 unspecified atom stereocenters. The van der Waals surface area contributed by atoms with Gasteiger partial charge < -0.3 is 16.4 Å². The molecule has 0 saturated carbocycles. The molecule has 3 aromatic rings. The number of anilines is 2. The van der Waals surface area contributed by atoms with E-state index in [1.807, 2.05) is 18.2 Å². The quantitative estimate of drug-likeness (QED) is 0.666. The van der Waals surface area contributed by atoms with Crippen molar-refractivity contribution in [2.24, 2.45) is 5.73 Å². The van der Waals surface area contributed by atoms with Gasteiger partial charge in [0.1, 0.15) is 22.2 Å². The van der Waals surface area contributed by atoms with Crippen molar-refractivity contribution < 1.29 is 0 Å². The number of piperidine rings is 1. The van der Waals surface area contributed by atoms with Crippen molar-refractivity contribution in [3.8, 4) is 0 Å². The Bertz CT molecular complexity index is 1000. The number of nitrogens with zero attached hydrogens (tertiary/aromatic N) is 5. The van der Waals surface area contributed by atoms with Crippen LogP contribution in [0.5, 0.6) is 0 Å². The normalized spacial score (nSPS) is 16.5. The average molecular weight is 416 g/mol. The standard InChI is InChI=1S/C19H22ClN7S/c1-2-19(22)6-9-27(10-7-19)14-11-24-18-12(25-14)3-4-15(26-18)28-13-5-8-23-17(21)16(13)20/h3-5,8,11H,2,6-7,9-10,22H2,1H3,(H2,21,23). The third kappa shape index (κ3) is 3.85. The van der Waals surface area contributed by atoms with Crippen LogP contribution in [0.2, 0.25) is 5.02 Å². The van der Waals surface area contributed by atoms with Crippen LogP contribution in [-0.4, -0.2) is 38.6 Å². The second kappa shape index (κ2) is 7.69. The molecule has 7 nitrogen and oxygen atoms in total. The van der Waals surface area contributed by atoms with E-state index in [9.17, 15) is 0 Å². The molecule has 28 heavy (non-hydrogen) atoms. The van der Waals surface area contributed by atoms with Gasteiger partial charge in [-0.05, 0) is 37.5 Å². The lowest BCUT2D eigenvalue weighted by Crippen LogP contribution is -2.50. The lowest BCUT2D eigenvalue weighted by molar-refractivity contribution is 0.322. The number of aromatic nitrogens is 4. The minimum Gasteiger partial charge on any atom is -0.382 e. The van der Waals surface area contributed by atoms with Gasteiger partial charge in [0, 0.05) is 29.7 Å². The molecule has 0 aliphatic carbocycles. The zero-order chi connectivity index (χ0) is 19.7. The Morgan fingerprint density at radius 2 is 1.96 bits per heavy atom. The van der Waals surface area contributed by atoms with E-state index in [0.29, 0.717) is 16.5 Å². The van der Waals surface area contributed by atoms with Gasteiger partial charge in [-0.15, -0.1) is 0 Å². The van der Waals surface area contributed by atoms with Crippen molar-refractivity contribution in [3.05, 3.63) is 35.6 Å². The molecule has 1 aliphatic rings. The lowest BCUT2D eigenvalue weighted by Gasteiger charge is -2.39. The minimum absolute atomic E-state index is 0.0495. The number of pyridine rings is 2. The van der Waals surface area contributed by atoms with Crippen LogP contribution in [0.3, 0.4) is 0 Å². The van der Waals surface area contributed by atoms with Crippen molar-refractivity contribution in [1.82, 2.24) is 19.9 Å². The largest absolute Gasteiger partial charge is 0.382 e. The molecule has 0 atom stereocenters. The highest BCUT2D eigenvalue weighted by Gasteiger charge is 2.29. The highest BCUT2D eigenvalue weighted by atomic mass is 35.5. The van der Waals surface area contributed by atoms with Crippen molar-refractivity contribution in [2.75, 3.05) is 23.7 Å². The number of hydrogen-bond donors (Lipinski definition) is 2. The Kier molecular flexibility index (Phi) is 5.27. The molecule has 0 bridgehead atoms. The summed E-state index contributed by atoms with van der Waals surface area (Å²) < 4.78 is 0. The molecule has 4 N–H and O–H groups in total. The molecular weight excluding hydrogens is 394 g/mol. The first-order valence-electron chi connectivity index (χ1n) is 9.23. The van der Waals surface area contributed by atoms with Gasteiger partial charge in [0.15, 0.2) is 5.65 Å². The predicted molar refractivity (Wildman–Crippen MR) is 114 cm³/mol. The molecule has 3 aromatic heterocycles. The number of nitrogens with two attached hydrogens (primary N) is 2. The van der Waals surface area contributed by atoms with Crippen LogP contribution >= 0.6 is 23.4 Å². The van der Waals surface area contributed by atoms with E-state index in [2.05, 4.69) is 26.8 Å². The number of fused-ring (bicyclic) bond motifs is 1.